The second kappa shape index (κ2) is 29.2. The third kappa shape index (κ3) is 75.2. The summed E-state index contributed by atoms with van der Waals surface area (Å²) < 4.78 is 0. The number of carboxylic acids is 1. The SMILES string of the molecule is CC(=O)O.CCCCCCCCCCCCCC.N=C(N)N.P. The lowest BCUT2D eigenvalue weighted by molar-refractivity contribution is -0.134. The van der Waals surface area contributed by atoms with Crippen molar-refractivity contribution in [1.82, 2.24) is 0 Å². The maximum Gasteiger partial charge on any atom is 0.300 e. The van der Waals surface area contributed by atoms with Gasteiger partial charge in [0.15, 0.2) is 5.96 Å². The molecule has 0 aromatic heterocycles. The van der Waals surface area contributed by atoms with Crippen LogP contribution in [-0.4, -0.2) is 17.0 Å². The van der Waals surface area contributed by atoms with Gasteiger partial charge in [0.05, 0.1) is 0 Å². The number of hydrogen-bond acceptors (Lipinski definition) is 2. The number of nitrogens with one attached hydrogen (secondary N) is 1. The molecule has 0 heterocycles. The third-order valence-corrected chi connectivity index (χ3v) is 2.96. The topological polar surface area (TPSA) is 113 Å². The molecular formula is C17H42N3O2P. The van der Waals surface area contributed by atoms with Crippen LogP contribution in [0, 0.1) is 5.41 Å². The maximum atomic E-state index is 9.00. The Kier molecular flexibility index (Phi) is 38.2. The van der Waals surface area contributed by atoms with E-state index in [-0.39, 0.29) is 15.9 Å². The Morgan fingerprint density at radius 3 is 1.04 bits per heavy atom. The van der Waals surface area contributed by atoms with Gasteiger partial charge in [-0.25, -0.2) is 0 Å². The van der Waals surface area contributed by atoms with E-state index in [1.165, 1.54) is 77.0 Å². The first-order valence-electron chi connectivity index (χ1n) is 8.67. The quantitative estimate of drug-likeness (QED) is 0.187. The van der Waals surface area contributed by atoms with Gasteiger partial charge in [-0.1, -0.05) is 90.9 Å². The van der Waals surface area contributed by atoms with Gasteiger partial charge in [-0.05, 0) is 0 Å². The Hall–Kier alpha value is -0.830. The Morgan fingerprint density at radius 2 is 0.913 bits per heavy atom. The van der Waals surface area contributed by atoms with Crippen LogP contribution in [0.15, 0.2) is 0 Å². The summed E-state index contributed by atoms with van der Waals surface area (Å²) in [6.45, 7) is 5.65. The zero-order valence-corrected chi connectivity index (χ0v) is 17.1. The van der Waals surface area contributed by atoms with E-state index in [1.54, 1.807) is 0 Å². The summed E-state index contributed by atoms with van der Waals surface area (Å²) >= 11 is 0. The molecule has 6 N–H and O–H groups in total. The first kappa shape index (κ1) is 30.1. The van der Waals surface area contributed by atoms with E-state index in [1.807, 2.05) is 0 Å². The summed E-state index contributed by atoms with van der Waals surface area (Å²) in [5.41, 5.74) is 8.94. The van der Waals surface area contributed by atoms with Gasteiger partial charge in [0.25, 0.3) is 5.97 Å². The maximum absolute atomic E-state index is 9.00. The van der Waals surface area contributed by atoms with Gasteiger partial charge in [0.1, 0.15) is 0 Å². The number of guanidine groups is 1. The van der Waals surface area contributed by atoms with Gasteiger partial charge in [0.2, 0.25) is 0 Å². The van der Waals surface area contributed by atoms with Crippen LogP contribution in [0.4, 0.5) is 0 Å². The van der Waals surface area contributed by atoms with Crippen molar-refractivity contribution in [2.75, 3.05) is 0 Å². The predicted octanol–water partition coefficient (Wildman–Crippen LogP) is 4.69. The monoisotopic (exact) mass is 351 g/mol. The number of nitrogens with two attached hydrogens (primary N) is 2. The lowest BCUT2D eigenvalue weighted by Crippen LogP contribution is -2.20. The van der Waals surface area contributed by atoms with Crippen LogP contribution in [0.2, 0.25) is 0 Å². The van der Waals surface area contributed by atoms with Crippen LogP contribution in [0.5, 0.6) is 0 Å². The van der Waals surface area contributed by atoms with Crippen molar-refractivity contribution < 1.29 is 9.90 Å². The van der Waals surface area contributed by atoms with Gasteiger partial charge in [0, 0.05) is 6.92 Å². The minimum atomic E-state index is -0.833. The van der Waals surface area contributed by atoms with Crippen molar-refractivity contribution in [1.29, 1.82) is 5.41 Å². The van der Waals surface area contributed by atoms with E-state index in [0.29, 0.717) is 0 Å². The van der Waals surface area contributed by atoms with Gasteiger partial charge in [-0.15, -0.1) is 0 Å². The first-order chi connectivity index (χ1) is 10.4. The van der Waals surface area contributed by atoms with Crippen LogP contribution >= 0.6 is 9.90 Å². The molecule has 0 saturated carbocycles. The minimum Gasteiger partial charge on any atom is -0.481 e. The summed E-state index contributed by atoms with van der Waals surface area (Å²) in [4.78, 5) is 9.00. The number of carboxylic acid groups (broad SMARTS) is 1. The molecule has 0 saturated heterocycles. The Morgan fingerprint density at radius 1 is 0.783 bits per heavy atom. The van der Waals surface area contributed by atoms with Gasteiger partial charge >= 0.3 is 0 Å². The molecule has 0 amide bonds. The highest BCUT2D eigenvalue weighted by molar-refractivity contribution is 6.92. The first-order valence-corrected chi connectivity index (χ1v) is 8.67. The summed E-state index contributed by atoms with van der Waals surface area (Å²) in [5, 5.41) is 13.5. The van der Waals surface area contributed by atoms with Crippen molar-refractivity contribution in [3.05, 3.63) is 0 Å². The predicted molar refractivity (Wildman–Crippen MR) is 107 cm³/mol. The molecule has 0 spiro atoms. The van der Waals surface area contributed by atoms with Gasteiger partial charge in [-0.3, -0.25) is 10.2 Å². The molecular weight excluding hydrogens is 309 g/mol. The summed E-state index contributed by atoms with van der Waals surface area (Å²) in [5.74, 6) is -1.17. The minimum absolute atomic E-state index is 0. The number of rotatable bonds is 11. The molecule has 5 nitrogen and oxygen atoms in total. The van der Waals surface area contributed by atoms with Crippen molar-refractivity contribution >= 4 is 21.8 Å². The van der Waals surface area contributed by atoms with Crippen molar-refractivity contribution in [3.8, 4) is 0 Å². The number of hydrogen-bond donors (Lipinski definition) is 4. The fourth-order valence-electron chi connectivity index (χ4n) is 1.91. The average molecular weight is 352 g/mol. The molecule has 142 valence electrons. The van der Waals surface area contributed by atoms with E-state index in [0.717, 1.165) is 6.92 Å². The number of unbranched alkanes of at least 4 members (excludes halogenated alkanes) is 11. The third-order valence-electron chi connectivity index (χ3n) is 2.96. The highest BCUT2D eigenvalue weighted by Gasteiger charge is 1.91. The molecule has 0 radical (unpaired) electrons. The lowest BCUT2D eigenvalue weighted by Gasteiger charge is -2.01. The Bertz CT molecular complexity index is 208. The summed E-state index contributed by atoms with van der Waals surface area (Å²) in [6, 6.07) is 0. The van der Waals surface area contributed by atoms with E-state index in [4.69, 9.17) is 15.3 Å². The largest absolute Gasteiger partial charge is 0.481 e. The van der Waals surface area contributed by atoms with E-state index >= 15 is 0 Å². The number of carbonyl (C=O) groups is 1. The van der Waals surface area contributed by atoms with Crippen LogP contribution < -0.4 is 11.5 Å². The highest BCUT2D eigenvalue weighted by Crippen LogP contribution is 2.11. The molecule has 1 unspecified atom stereocenters. The van der Waals surface area contributed by atoms with E-state index in [2.05, 4.69) is 25.3 Å². The molecule has 0 rings (SSSR count). The van der Waals surface area contributed by atoms with E-state index in [9.17, 15) is 0 Å². The molecule has 0 aromatic rings. The van der Waals surface area contributed by atoms with Crippen LogP contribution in [0.3, 0.4) is 0 Å². The second-order valence-electron chi connectivity index (χ2n) is 5.51. The lowest BCUT2D eigenvalue weighted by atomic mass is 10.1. The molecule has 0 bridgehead atoms. The summed E-state index contributed by atoms with van der Waals surface area (Å²) in [6.07, 6.45) is 17.4. The highest BCUT2D eigenvalue weighted by atomic mass is 31.0. The van der Waals surface area contributed by atoms with Crippen LogP contribution in [0.1, 0.15) is 97.8 Å². The molecule has 0 aliphatic heterocycles. The molecule has 0 aromatic carbocycles. The Labute approximate surface area is 147 Å². The second-order valence-corrected chi connectivity index (χ2v) is 5.51. The standard InChI is InChI=1S/C14H30.C2H4O2.CH5N3.H3P/c1-3-5-7-9-11-13-14-12-10-8-6-4-2;1-2(3)4;2-1(3)4;/h3-14H2,1-2H3;1H3,(H,3,4);(H5,2,3,4);1H3. The zero-order chi connectivity index (χ0) is 17.6. The number of aliphatic carboxylic acids is 1. The smallest absolute Gasteiger partial charge is 0.300 e. The van der Waals surface area contributed by atoms with E-state index < -0.39 is 5.97 Å². The summed E-state index contributed by atoms with van der Waals surface area (Å²) in [7, 11) is 0. The normalized spacial score (nSPS) is 8.65. The zero-order valence-electron chi connectivity index (χ0n) is 15.7. The fraction of sp³-hybridized carbons (Fsp3) is 0.882. The molecule has 1 atom stereocenters. The molecule has 0 aliphatic rings. The van der Waals surface area contributed by atoms with Crippen molar-refractivity contribution in [2.24, 2.45) is 11.5 Å². The van der Waals surface area contributed by atoms with Crippen LogP contribution in [0.25, 0.3) is 0 Å². The molecule has 0 fully saturated rings. The van der Waals surface area contributed by atoms with Gasteiger partial charge in [-0.2, -0.15) is 9.90 Å². The Balaban J connectivity index is -0.000000167. The van der Waals surface area contributed by atoms with Crippen molar-refractivity contribution in [3.63, 3.8) is 0 Å². The molecule has 23 heavy (non-hydrogen) atoms. The van der Waals surface area contributed by atoms with Crippen LogP contribution in [-0.2, 0) is 4.79 Å². The average Bonchev–Trinajstić information content (AvgIpc) is 2.40. The molecule has 0 aliphatic carbocycles. The van der Waals surface area contributed by atoms with Crippen molar-refractivity contribution in [2.45, 2.75) is 97.8 Å². The van der Waals surface area contributed by atoms with Gasteiger partial charge < -0.3 is 16.6 Å². The fourth-order valence-corrected chi connectivity index (χ4v) is 1.91. The molecule has 6 heteroatoms.